The van der Waals surface area contributed by atoms with Crippen molar-refractivity contribution >= 4 is 29.2 Å². The maximum absolute atomic E-state index is 10.9. The maximum atomic E-state index is 10.9. The molecular weight excluding hydrogens is 198 g/mol. The van der Waals surface area contributed by atoms with Gasteiger partial charge in [0, 0.05) is 11.6 Å². The van der Waals surface area contributed by atoms with Gasteiger partial charge in [0.1, 0.15) is 10.3 Å². The first kappa shape index (κ1) is 8.83. The zero-order valence-electron chi connectivity index (χ0n) is 7.15. The molecule has 0 radical (unpaired) electrons. The highest BCUT2D eigenvalue weighted by molar-refractivity contribution is 7.71. The number of pyridine rings is 2. The van der Waals surface area contributed by atoms with Gasteiger partial charge in [-0.25, -0.2) is 4.98 Å². The van der Waals surface area contributed by atoms with E-state index in [1.807, 2.05) is 0 Å². The van der Waals surface area contributed by atoms with Crippen molar-refractivity contribution in [1.29, 1.82) is 0 Å². The molecule has 0 bridgehead atoms. The number of rotatable bonds is 1. The molecule has 0 aliphatic rings. The van der Waals surface area contributed by atoms with Gasteiger partial charge in [-0.05, 0) is 18.2 Å². The highest BCUT2D eigenvalue weighted by atomic mass is 32.1. The molecule has 2 aromatic heterocycles. The van der Waals surface area contributed by atoms with Gasteiger partial charge in [-0.3, -0.25) is 4.79 Å². The minimum Gasteiger partial charge on any atom is -0.366 e. The minimum absolute atomic E-state index is 0.392. The van der Waals surface area contributed by atoms with Crippen molar-refractivity contribution in [3.8, 4) is 0 Å². The Morgan fingerprint density at radius 3 is 3.00 bits per heavy atom. The third-order valence-electron chi connectivity index (χ3n) is 1.86. The van der Waals surface area contributed by atoms with Gasteiger partial charge in [-0.15, -0.1) is 0 Å². The Bertz CT molecular complexity index is 561. The summed E-state index contributed by atoms with van der Waals surface area (Å²) in [6.07, 6.45) is 1.43. The van der Waals surface area contributed by atoms with Crippen LogP contribution in [0.1, 0.15) is 10.4 Å². The first-order valence-electron chi connectivity index (χ1n) is 3.96. The topological polar surface area (TPSA) is 71.8 Å². The zero-order chi connectivity index (χ0) is 10.1. The molecule has 2 heterocycles. The molecule has 0 aliphatic heterocycles. The second-order valence-corrected chi connectivity index (χ2v) is 3.29. The van der Waals surface area contributed by atoms with E-state index in [0.717, 1.165) is 5.39 Å². The van der Waals surface area contributed by atoms with Crippen LogP contribution in [0.2, 0.25) is 0 Å². The van der Waals surface area contributed by atoms with Crippen molar-refractivity contribution in [3.05, 3.63) is 34.6 Å². The number of carbonyl (C=O) groups excluding carboxylic acids is 1. The van der Waals surface area contributed by atoms with Gasteiger partial charge < -0.3 is 10.7 Å². The van der Waals surface area contributed by atoms with Crippen LogP contribution in [0.25, 0.3) is 11.0 Å². The van der Waals surface area contributed by atoms with Crippen molar-refractivity contribution < 1.29 is 4.79 Å². The first-order chi connectivity index (χ1) is 6.66. The number of aromatic amines is 1. The Kier molecular flexibility index (Phi) is 2.01. The second kappa shape index (κ2) is 3.19. The Morgan fingerprint density at radius 2 is 2.29 bits per heavy atom. The summed E-state index contributed by atoms with van der Waals surface area (Å²) >= 11 is 4.94. The summed E-state index contributed by atoms with van der Waals surface area (Å²) in [6, 6.07) is 5.22. The standard InChI is InChI=1S/C9H7N3OS/c10-8(13)6-3-5-1-2-7(14)12-9(5)11-4-6/h1-4H,(H2,10,13)(H,11,12,14). The average Bonchev–Trinajstić information content (AvgIpc) is 2.16. The van der Waals surface area contributed by atoms with Crippen molar-refractivity contribution in [2.45, 2.75) is 0 Å². The predicted octanol–water partition coefficient (Wildman–Crippen LogP) is 1.39. The van der Waals surface area contributed by atoms with Crippen LogP contribution in [-0.2, 0) is 0 Å². The number of nitrogens with two attached hydrogens (primary N) is 1. The van der Waals surface area contributed by atoms with Crippen LogP contribution in [0, 0.1) is 4.64 Å². The number of primary amides is 1. The Hall–Kier alpha value is -1.75. The maximum Gasteiger partial charge on any atom is 0.250 e. The van der Waals surface area contributed by atoms with E-state index >= 15 is 0 Å². The van der Waals surface area contributed by atoms with Gasteiger partial charge >= 0.3 is 0 Å². The van der Waals surface area contributed by atoms with Crippen molar-refractivity contribution in [2.24, 2.45) is 5.73 Å². The van der Waals surface area contributed by atoms with Crippen LogP contribution in [0.15, 0.2) is 24.4 Å². The van der Waals surface area contributed by atoms with E-state index < -0.39 is 5.91 Å². The fraction of sp³-hybridized carbons (Fsp3) is 0. The van der Waals surface area contributed by atoms with E-state index in [-0.39, 0.29) is 0 Å². The second-order valence-electron chi connectivity index (χ2n) is 2.85. The van der Waals surface area contributed by atoms with Crippen molar-refractivity contribution in [2.75, 3.05) is 0 Å². The molecule has 2 rings (SSSR count). The number of aromatic nitrogens is 2. The number of nitrogens with one attached hydrogen (secondary N) is 1. The number of carbonyl (C=O) groups is 1. The number of hydrogen-bond donors (Lipinski definition) is 2. The van der Waals surface area contributed by atoms with Crippen LogP contribution in [0.3, 0.4) is 0 Å². The molecule has 70 valence electrons. The monoisotopic (exact) mass is 205 g/mol. The van der Waals surface area contributed by atoms with E-state index in [0.29, 0.717) is 15.9 Å². The van der Waals surface area contributed by atoms with E-state index in [4.69, 9.17) is 18.0 Å². The lowest BCUT2D eigenvalue weighted by Gasteiger charge is -1.98. The lowest BCUT2D eigenvalue weighted by Crippen LogP contribution is -2.11. The third kappa shape index (κ3) is 1.49. The molecule has 1 amide bonds. The molecule has 0 atom stereocenters. The predicted molar refractivity (Wildman–Crippen MR) is 55.4 cm³/mol. The zero-order valence-corrected chi connectivity index (χ0v) is 7.97. The summed E-state index contributed by atoms with van der Waals surface area (Å²) in [6.45, 7) is 0. The average molecular weight is 205 g/mol. The smallest absolute Gasteiger partial charge is 0.250 e. The molecule has 3 N–H and O–H groups in total. The number of amides is 1. The van der Waals surface area contributed by atoms with Crippen LogP contribution >= 0.6 is 12.2 Å². The number of nitrogens with zero attached hydrogens (tertiary/aromatic N) is 1. The Morgan fingerprint density at radius 1 is 1.50 bits per heavy atom. The molecule has 0 saturated carbocycles. The number of hydrogen-bond acceptors (Lipinski definition) is 3. The lowest BCUT2D eigenvalue weighted by atomic mass is 10.2. The molecular formula is C9H7N3OS. The molecule has 14 heavy (non-hydrogen) atoms. The molecule has 0 aliphatic carbocycles. The molecule has 4 nitrogen and oxygen atoms in total. The van der Waals surface area contributed by atoms with Crippen LogP contribution in [-0.4, -0.2) is 15.9 Å². The molecule has 0 unspecified atom stereocenters. The molecule has 0 spiro atoms. The summed E-state index contributed by atoms with van der Waals surface area (Å²) in [5.74, 6) is -0.484. The molecule has 2 aromatic rings. The normalized spacial score (nSPS) is 10.3. The van der Waals surface area contributed by atoms with Gasteiger partial charge in [0.2, 0.25) is 5.91 Å². The lowest BCUT2D eigenvalue weighted by molar-refractivity contribution is 0.1000. The summed E-state index contributed by atoms with van der Waals surface area (Å²) in [7, 11) is 0. The summed E-state index contributed by atoms with van der Waals surface area (Å²) < 4.78 is 0.608. The summed E-state index contributed by atoms with van der Waals surface area (Å²) in [4.78, 5) is 17.8. The molecule has 0 aromatic carbocycles. The molecule has 0 saturated heterocycles. The van der Waals surface area contributed by atoms with Gasteiger partial charge in [-0.2, -0.15) is 0 Å². The first-order valence-corrected chi connectivity index (χ1v) is 4.36. The van der Waals surface area contributed by atoms with E-state index in [9.17, 15) is 4.79 Å². The van der Waals surface area contributed by atoms with Crippen molar-refractivity contribution in [3.63, 3.8) is 0 Å². The van der Waals surface area contributed by atoms with Gasteiger partial charge in [-0.1, -0.05) is 12.2 Å². The quantitative estimate of drug-likeness (QED) is 0.691. The fourth-order valence-electron chi connectivity index (χ4n) is 1.17. The van der Waals surface area contributed by atoms with E-state index in [1.165, 1.54) is 6.20 Å². The van der Waals surface area contributed by atoms with Crippen LogP contribution < -0.4 is 5.73 Å². The highest BCUT2D eigenvalue weighted by Gasteiger charge is 2.02. The molecule has 0 fully saturated rings. The van der Waals surface area contributed by atoms with Crippen LogP contribution in [0.4, 0.5) is 0 Å². The third-order valence-corrected chi connectivity index (χ3v) is 2.10. The summed E-state index contributed by atoms with van der Waals surface area (Å²) in [5, 5.41) is 0.815. The Labute approximate surface area is 84.8 Å². The summed E-state index contributed by atoms with van der Waals surface area (Å²) in [5.41, 5.74) is 6.17. The van der Waals surface area contributed by atoms with E-state index in [1.54, 1.807) is 18.2 Å². The SMILES string of the molecule is NC(=O)c1cnc2[nH]c(=S)ccc2c1. The Balaban J connectivity index is 2.73. The highest BCUT2D eigenvalue weighted by Crippen LogP contribution is 2.10. The van der Waals surface area contributed by atoms with Gasteiger partial charge in [0.25, 0.3) is 0 Å². The largest absolute Gasteiger partial charge is 0.366 e. The van der Waals surface area contributed by atoms with E-state index in [2.05, 4.69) is 9.97 Å². The van der Waals surface area contributed by atoms with Crippen LogP contribution in [0.5, 0.6) is 0 Å². The minimum atomic E-state index is -0.484. The fourth-order valence-corrected chi connectivity index (χ4v) is 1.34. The van der Waals surface area contributed by atoms with Crippen molar-refractivity contribution in [1.82, 2.24) is 9.97 Å². The van der Waals surface area contributed by atoms with Gasteiger partial charge in [0.15, 0.2) is 0 Å². The molecule has 5 heteroatoms. The number of fused-ring (bicyclic) bond motifs is 1. The van der Waals surface area contributed by atoms with Gasteiger partial charge in [0.05, 0.1) is 5.56 Å². The number of H-pyrrole nitrogens is 1.